The van der Waals surface area contributed by atoms with Crippen molar-refractivity contribution in [2.24, 2.45) is 4.99 Å². The van der Waals surface area contributed by atoms with Gasteiger partial charge in [-0.05, 0) is 55.0 Å². The Labute approximate surface area is 240 Å². The van der Waals surface area contributed by atoms with E-state index in [1.54, 1.807) is 24.3 Å². The van der Waals surface area contributed by atoms with Gasteiger partial charge in [-0.25, -0.2) is 4.99 Å². The Balaban J connectivity index is 1.13. The SMILES string of the molecule is C[C@H](NC(=O)c1ccc(N=C2C(=O)N(CN3CCN(c4ccccc4)CC3)c3ccccc32)cc1)c1ccccc1. The predicted molar refractivity (Wildman–Crippen MR) is 164 cm³/mol. The number of piperazine rings is 1. The van der Waals surface area contributed by atoms with Crippen molar-refractivity contribution in [3.8, 4) is 0 Å². The second-order valence-corrected chi connectivity index (χ2v) is 10.4. The van der Waals surface area contributed by atoms with E-state index in [0.29, 0.717) is 23.6 Å². The van der Waals surface area contributed by atoms with Crippen LogP contribution in [-0.2, 0) is 4.79 Å². The third-order valence-corrected chi connectivity index (χ3v) is 7.75. The van der Waals surface area contributed by atoms with Crippen LogP contribution in [0.25, 0.3) is 0 Å². The number of fused-ring (bicyclic) bond motifs is 1. The van der Waals surface area contributed by atoms with E-state index in [1.165, 1.54) is 5.69 Å². The van der Waals surface area contributed by atoms with Gasteiger partial charge in [0, 0.05) is 43.0 Å². The minimum absolute atomic E-state index is 0.102. The van der Waals surface area contributed by atoms with E-state index in [2.05, 4.69) is 39.4 Å². The van der Waals surface area contributed by atoms with Crippen molar-refractivity contribution in [1.82, 2.24) is 10.2 Å². The molecule has 0 radical (unpaired) electrons. The van der Waals surface area contributed by atoms with E-state index in [9.17, 15) is 9.59 Å². The number of amides is 2. The number of nitrogens with one attached hydrogen (secondary N) is 1. The molecule has 1 atom stereocenters. The maximum absolute atomic E-state index is 13.7. The minimum Gasteiger partial charge on any atom is -0.369 e. The average molecular weight is 544 g/mol. The number of nitrogens with zero attached hydrogens (tertiary/aromatic N) is 4. The molecule has 41 heavy (non-hydrogen) atoms. The van der Waals surface area contributed by atoms with Gasteiger partial charge >= 0.3 is 0 Å². The van der Waals surface area contributed by atoms with Gasteiger partial charge in [0.25, 0.3) is 11.8 Å². The molecule has 0 aromatic heterocycles. The Kier molecular flexibility index (Phi) is 7.60. The molecule has 7 heteroatoms. The van der Waals surface area contributed by atoms with E-state index in [1.807, 2.05) is 72.5 Å². The average Bonchev–Trinajstić information content (AvgIpc) is 3.28. The molecule has 0 bridgehead atoms. The summed E-state index contributed by atoms with van der Waals surface area (Å²) in [7, 11) is 0. The summed E-state index contributed by atoms with van der Waals surface area (Å²) < 4.78 is 0. The number of hydrogen-bond donors (Lipinski definition) is 1. The van der Waals surface area contributed by atoms with Crippen LogP contribution in [0, 0.1) is 0 Å². The largest absolute Gasteiger partial charge is 0.369 e. The molecule has 4 aromatic carbocycles. The maximum atomic E-state index is 13.7. The number of anilines is 2. The zero-order valence-corrected chi connectivity index (χ0v) is 23.1. The van der Waals surface area contributed by atoms with E-state index in [4.69, 9.17) is 4.99 Å². The highest BCUT2D eigenvalue weighted by Gasteiger charge is 2.35. The molecule has 4 aromatic rings. The number of aliphatic imine (C=N–C) groups is 1. The molecular formula is C34H33N5O2. The lowest BCUT2D eigenvalue weighted by Crippen LogP contribution is -2.51. The topological polar surface area (TPSA) is 68.2 Å². The molecule has 2 heterocycles. The van der Waals surface area contributed by atoms with Gasteiger partial charge in [-0.1, -0.05) is 66.7 Å². The number of carbonyl (C=O) groups is 2. The number of rotatable bonds is 7. The van der Waals surface area contributed by atoms with Gasteiger partial charge < -0.3 is 10.2 Å². The monoisotopic (exact) mass is 543 g/mol. The molecule has 0 spiro atoms. The van der Waals surface area contributed by atoms with E-state index in [-0.39, 0.29) is 17.9 Å². The van der Waals surface area contributed by atoms with Crippen molar-refractivity contribution in [1.29, 1.82) is 0 Å². The summed E-state index contributed by atoms with van der Waals surface area (Å²) >= 11 is 0. The fourth-order valence-electron chi connectivity index (χ4n) is 5.42. The molecule has 1 saturated heterocycles. The maximum Gasteiger partial charge on any atom is 0.278 e. The molecule has 7 nitrogen and oxygen atoms in total. The summed E-state index contributed by atoms with van der Waals surface area (Å²) in [5, 5.41) is 3.04. The summed E-state index contributed by atoms with van der Waals surface area (Å²) in [4.78, 5) is 37.8. The first-order valence-electron chi connectivity index (χ1n) is 14.0. The second kappa shape index (κ2) is 11.8. The van der Waals surface area contributed by atoms with Crippen molar-refractivity contribution in [3.63, 3.8) is 0 Å². The van der Waals surface area contributed by atoms with Gasteiger partial charge in [0.05, 0.1) is 24.1 Å². The van der Waals surface area contributed by atoms with E-state index in [0.717, 1.165) is 43.0 Å². The van der Waals surface area contributed by atoms with Gasteiger partial charge in [-0.15, -0.1) is 0 Å². The number of carbonyl (C=O) groups excluding carboxylic acids is 2. The van der Waals surface area contributed by atoms with Gasteiger partial charge in [-0.2, -0.15) is 0 Å². The standard InChI is InChI=1S/C34H33N5O2/c1-25(26-10-4-2-5-11-26)35-33(40)27-16-18-28(19-17-27)36-32-30-14-8-9-15-31(30)39(34(32)41)24-37-20-22-38(23-21-37)29-12-6-3-7-13-29/h2-19,25H,20-24H2,1H3,(H,35,40)/t25-/m0/s1. The normalized spacial score (nSPS) is 17.0. The van der Waals surface area contributed by atoms with Crippen molar-refractivity contribution in [2.75, 3.05) is 42.6 Å². The quantitative estimate of drug-likeness (QED) is 0.338. The van der Waals surface area contributed by atoms with Crippen molar-refractivity contribution in [3.05, 3.63) is 126 Å². The van der Waals surface area contributed by atoms with Crippen LogP contribution in [-0.4, -0.2) is 55.3 Å². The molecule has 1 fully saturated rings. The highest BCUT2D eigenvalue weighted by molar-refractivity contribution is 6.54. The summed E-state index contributed by atoms with van der Waals surface area (Å²) in [6.45, 7) is 6.07. The van der Waals surface area contributed by atoms with E-state index >= 15 is 0 Å². The van der Waals surface area contributed by atoms with Crippen LogP contribution >= 0.6 is 0 Å². The lowest BCUT2D eigenvalue weighted by atomic mass is 10.1. The molecule has 1 N–H and O–H groups in total. The predicted octanol–water partition coefficient (Wildman–Crippen LogP) is 5.42. The molecule has 2 aliphatic heterocycles. The Morgan fingerprint density at radius 1 is 0.805 bits per heavy atom. The number of benzene rings is 4. The fraction of sp³-hybridized carbons (Fsp3) is 0.206. The summed E-state index contributed by atoms with van der Waals surface area (Å²) in [6.07, 6.45) is 0. The minimum atomic E-state index is -0.151. The van der Waals surface area contributed by atoms with Crippen LogP contribution in [0.5, 0.6) is 0 Å². The number of hydrogen-bond acceptors (Lipinski definition) is 5. The van der Waals surface area contributed by atoms with E-state index < -0.39 is 0 Å². The molecule has 2 aliphatic rings. The lowest BCUT2D eigenvalue weighted by Gasteiger charge is -2.37. The van der Waals surface area contributed by atoms with Crippen molar-refractivity contribution >= 4 is 34.6 Å². The van der Waals surface area contributed by atoms with Crippen LogP contribution in [0.1, 0.15) is 34.5 Å². The summed E-state index contributed by atoms with van der Waals surface area (Å²) in [5.41, 5.74) is 5.61. The third-order valence-electron chi connectivity index (χ3n) is 7.75. The molecular weight excluding hydrogens is 510 g/mol. The summed E-state index contributed by atoms with van der Waals surface area (Å²) in [6, 6.07) is 35.1. The lowest BCUT2D eigenvalue weighted by molar-refractivity contribution is -0.112. The smallest absolute Gasteiger partial charge is 0.278 e. The van der Waals surface area contributed by atoms with Gasteiger partial charge in [0.2, 0.25) is 0 Å². The van der Waals surface area contributed by atoms with Crippen LogP contribution in [0.3, 0.4) is 0 Å². The highest BCUT2D eigenvalue weighted by atomic mass is 16.2. The third kappa shape index (κ3) is 5.76. The molecule has 6 rings (SSSR count). The molecule has 206 valence electrons. The highest BCUT2D eigenvalue weighted by Crippen LogP contribution is 2.31. The molecule has 2 amide bonds. The zero-order chi connectivity index (χ0) is 28.2. The number of para-hydroxylation sites is 2. The van der Waals surface area contributed by atoms with Crippen molar-refractivity contribution in [2.45, 2.75) is 13.0 Å². The molecule has 0 aliphatic carbocycles. The fourth-order valence-corrected chi connectivity index (χ4v) is 5.42. The van der Waals surface area contributed by atoms with Gasteiger partial charge in [-0.3, -0.25) is 19.4 Å². The van der Waals surface area contributed by atoms with Crippen LogP contribution < -0.4 is 15.1 Å². The van der Waals surface area contributed by atoms with Crippen LogP contribution in [0.15, 0.2) is 114 Å². The molecule has 0 unspecified atom stereocenters. The van der Waals surface area contributed by atoms with Crippen LogP contribution in [0.2, 0.25) is 0 Å². The first-order valence-corrected chi connectivity index (χ1v) is 14.0. The molecule has 0 saturated carbocycles. The van der Waals surface area contributed by atoms with Crippen molar-refractivity contribution < 1.29 is 9.59 Å². The summed E-state index contributed by atoms with van der Waals surface area (Å²) in [5.74, 6) is -0.253. The Hall–Kier alpha value is -4.75. The van der Waals surface area contributed by atoms with Crippen LogP contribution in [0.4, 0.5) is 17.1 Å². The van der Waals surface area contributed by atoms with Gasteiger partial charge in [0.1, 0.15) is 5.71 Å². The first-order chi connectivity index (χ1) is 20.1. The first kappa shape index (κ1) is 26.5. The van der Waals surface area contributed by atoms with Gasteiger partial charge in [0.15, 0.2) is 0 Å². The Morgan fingerprint density at radius 2 is 1.44 bits per heavy atom. The Morgan fingerprint density at radius 3 is 2.15 bits per heavy atom. The Bertz CT molecular complexity index is 1550. The second-order valence-electron chi connectivity index (χ2n) is 10.4. The zero-order valence-electron chi connectivity index (χ0n) is 23.1.